The predicted molar refractivity (Wildman–Crippen MR) is 147 cm³/mol. The molecule has 0 radical (unpaired) electrons. The molecule has 2 heterocycles. The van der Waals surface area contributed by atoms with Crippen LogP contribution in [0.15, 0.2) is 48.5 Å². The van der Waals surface area contributed by atoms with Crippen molar-refractivity contribution in [1.82, 2.24) is 14.8 Å². The van der Waals surface area contributed by atoms with Gasteiger partial charge in [0.1, 0.15) is 6.04 Å². The zero-order valence-electron chi connectivity index (χ0n) is 22.0. The molecule has 0 bridgehead atoms. The molecule has 3 amide bonds. The largest absolute Gasteiger partial charge is 0.357 e. The fraction of sp³-hybridized carbons (Fsp3) is 0.467. The van der Waals surface area contributed by atoms with Gasteiger partial charge in [-0.15, -0.1) is 0 Å². The topological polar surface area (TPSA) is 68.4 Å². The van der Waals surface area contributed by atoms with Gasteiger partial charge in [-0.3, -0.25) is 4.79 Å². The number of aromatic nitrogens is 1. The standard InChI is InChI=1S/C30H40N4O2/c1-4-6-10-17-33(18-11-7-5-2)29(35)28-20-25-24-15-8-9-16-26(24)32-27(25)21-34(28)30(36)31-23-14-12-13-22(3)19-23/h8-9,12-16,19,28,32H,4-7,10-11,17-18,20-21H2,1-3H3,(H,31,36)/t28-/m1/s1. The number of hydrogen-bond donors (Lipinski definition) is 2. The number of carbonyl (C=O) groups excluding carboxylic acids is 2. The van der Waals surface area contributed by atoms with E-state index in [4.69, 9.17) is 0 Å². The molecule has 4 rings (SSSR count). The van der Waals surface area contributed by atoms with Gasteiger partial charge in [0.05, 0.1) is 6.54 Å². The second kappa shape index (κ2) is 12.1. The number of H-pyrrole nitrogens is 1. The maximum Gasteiger partial charge on any atom is 0.322 e. The van der Waals surface area contributed by atoms with Gasteiger partial charge in [0.2, 0.25) is 5.91 Å². The van der Waals surface area contributed by atoms with E-state index >= 15 is 0 Å². The van der Waals surface area contributed by atoms with Crippen LogP contribution in [0.3, 0.4) is 0 Å². The molecule has 1 aromatic heterocycles. The monoisotopic (exact) mass is 488 g/mol. The van der Waals surface area contributed by atoms with Crippen LogP contribution in [-0.4, -0.2) is 45.9 Å². The molecule has 1 aliphatic rings. The molecule has 0 spiro atoms. The molecular formula is C30H40N4O2. The molecule has 0 unspecified atom stereocenters. The fourth-order valence-electron chi connectivity index (χ4n) is 5.21. The Morgan fingerprint density at radius 3 is 2.42 bits per heavy atom. The molecule has 2 N–H and O–H groups in total. The van der Waals surface area contributed by atoms with Crippen LogP contribution in [-0.2, 0) is 17.8 Å². The molecule has 0 saturated carbocycles. The van der Waals surface area contributed by atoms with Gasteiger partial charge in [-0.1, -0.05) is 69.9 Å². The van der Waals surface area contributed by atoms with Crippen molar-refractivity contribution >= 4 is 28.5 Å². The number of urea groups is 1. The first-order chi connectivity index (χ1) is 17.5. The Bertz CT molecular complexity index is 1170. The number of fused-ring (bicyclic) bond motifs is 3. The van der Waals surface area contributed by atoms with E-state index in [9.17, 15) is 9.59 Å². The summed E-state index contributed by atoms with van der Waals surface area (Å²) in [5, 5.41) is 4.19. The molecule has 0 fully saturated rings. The summed E-state index contributed by atoms with van der Waals surface area (Å²) in [4.78, 5) is 34.9. The van der Waals surface area contributed by atoms with E-state index in [1.165, 1.54) is 0 Å². The highest BCUT2D eigenvalue weighted by Crippen LogP contribution is 2.31. The molecule has 6 heteroatoms. The molecular weight excluding hydrogens is 448 g/mol. The van der Waals surface area contributed by atoms with Crippen molar-refractivity contribution in [3.8, 4) is 0 Å². The molecule has 0 aliphatic carbocycles. The van der Waals surface area contributed by atoms with Crippen LogP contribution in [0.1, 0.15) is 69.2 Å². The first-order valence-corrected chi connectivity index (χ1v) is 13.5. The lowest BCUT2D eigenvalue weighted by Crippen LogP contribution is -2.55. The number of amides is 3. The lowest BCUT2D eigenvalue weighted by molar-refractivity contribution is -0.136. The third kappa shape index (κ3) is 5.92. The third-order valence-corrected chi connectivity index (χ3v) is 7.19. The van der Waals surface area contributed by atoms with Gasteiger partial charge in [0.15, 0.2) is 0 Å². The molecule has 36 heavy (non-hydrogen) atoms. The second-order valence-corrected chi connectivity index (χ2v) is 10.0. The minimum absolute atomic E-state index is 0.0672. The van der Waals surface area contributed by atoms with Crippen molar-refractivity contribution < 1.29 is 9.59 Å². The van der Waals surface area contributed by atoms with Crippen LogP contribution in [0.5, 0.6) is 0 Å². The van der Waals surface area contributed by atoms with Crippen molar-refractivity contribution in [1.29, 1.82) is 0 Å². The highest BCUT2D eigenvalue weighted by Gasteiger charge is 2.38. The SMILES string of the molecule is CCCCCN(CCCCC)C(=O)[C@H]1Cc2c([nH]c3ccccc23)CN1C(=O)Nc1cccc(C)c1. The minimum atomic E-state index is -0.523. The van der Waals surface area contributed by atoms with Crippen molar-refractivity contribution in [3.63, 3.8) is 0 Å². The molecule has 0 saturated heterocycles. The van der Waals surface area contributed by atoms with Crippen molar-refractivity contribution in [3.05, 3.63) is 65.4 Å². The first-order valence-electron chi connectivity index (χ1n) is 13.5. The first kappa shape index (κ1) is 25.8. The van der Waals surface area contributed by atoms with Crippen LogP contribution >= 0.6 is 0 Å². The van der Waals surface area contributed by atoms with Gasteiger partial charge in [-0.05, 0) is 49.1 Å². The summed E-state index contributed by atoms with van der Waals surface area (Å²) in [5.74, 6) is 0.0672. The molecule has 3 aromatic rings. The Labute approximate surface area is 215 Å². The Morgan fingerprint density at radius 1 is 1.00 bits per heavy atom. The number of nitrogens with one attached hydrogen (secondary N) is 2. The van der Waals surface area contributed by atoms with Gasteiger partial charge in [0.25, 0.3) is 0 Å². The van der Waals surface area contributed by atoms with E-state index in [0.717, 1.165) is 85.0 Å². The summed E-state index contributed by atoms with van der Waals surface area (Å²) in [7, 11) is 0. The summed E-state index contributed by atoms with van der Waals surface area (Å²) >= 11 is 0. The van der Waals surface area contributed by atoms with E-state index in [1.807, 2.05) is 48.2 Å². The lowest BCUT2D eigenvalue weighted by atomic mass is 9.95. The van der Waals surface area contributed by atoms with E-state index in [0.29, 0.717) is 13.0 Å². The summed E-state index contributed by atoms with van der Waals surface area (Å²) in [6.07, 6.45) is 6.95. The lowest BCUT2D eigenvalue weighted by Gasteiger charge is -2.38. The predicted octanol–water partition coefficient (Wildman–Crippen LogP) is 6.64. The van der Waals surface area contributed by atoms with E-state index < -0.39 is 6.04 Å². The molecule has 2 aromatic carbocycles. The van der Waals surface area contributed by atoms with E-state index in [1.54, 1.807) is 4.90 Å². The number of aryl methyl sites for hydroxylation is 1. The average molecular weight is 489 g/mol. The summed E-state index contributed by atoms with van der Waals surface area (Å²) in [6, 6.07) is 15.2. The fourth-order valence-corrected chi connectivity index (χ4v) is 5.21. The Balaban J connectivity index is 1.64. The number of para-hydroxylation sites is 1. The molecule has 1 atom stereocenters. The smallest absolute Gasteiger partial charge is 0.322 e. The van der Waals surface area contributed by atoms with Crippen molar-refractivity contribution in [2.24, 2.45) is 0 Å². The van der Waals surface area contributed by atoms with Crippen molar-refractivity contribution in [2.75, 3.05) is 18.4 Å². The Hall–Kier alpha value is -3.28. The van der Waals surface area contributed by atoms with Gasteiger partial charge in [0, 0.05) is 41.8 Å². The highest BCUT2D eigenvalue weighted by molar-refractivity contribution is 5.95. The molecule has 192 valence electrons. The Morgan fingerprint density at radius 2 is 1.72 bits per heavy atom. The van der Waals surface area contributed by atoms with Gasteiger partial charge < -0.3 is 20.1 Å². The number of aromatic amines is 1. The zero-order valence-corrected chi connectivity index (χ0v) is 22.0. The maximum atomic E-state index is 14.1. The number of hydrogen-bond acceptors (Lipinski definition) is 2. The number of anilines is 1. The number of benzene rings is 2. The van der Waals surface area contributed by atoms with Gasteiger partial charge >= 0.3 is 6.03 Å². The molecule has 1 aliphatic heterocycles. The normalized spacial score (nSPS) is 15.1. The van der Waals surface area contributed by atoms with Crippen LogP contribution < -0.4 is 5.32 Å². The van der Waals surface area contributed by atoms with Gasteiger partial charge in [-0.2, -0.15) is 0 Å². The number of nitrogens with zero attached hydrogens (tertiary/aromatic N) is 2. The molecule has 6 nitrogen and oxygen atoms in total. The zero-order chi connectivity index (χ0) is 25.5. The quantitative estimate of drug-likeness (QED) is 0.314. The van der Waals surface area contributed by atoms with Crippen LogP contribution in [0.4, 0.5) is 10.5 Å². The summed E-state index contributed by atoms with van der Waals surface area (Å²) in [5.41, 5.74) is 5.05. The minimum Gasteiger partial charge on any atom is -0.357 e. The second-order valence-electron chi connectivity index (χ2n) is 10.0. The summed E-state index contributed by atoms with van der Waals surface area (Å²) < 4.78 is 0. The van der Waals surface area contributed by atoms with Gasteiger partial charge in [-0.25, -0.2) is 4.79 Å². The van der Waals surface area contributed by atoms with Crippen LogP contribution in [0.2, 0.25) is 0 Å². The number of rotatable bonds is 10. The highest BCUT2D eigenvalue weighted by atomic mass is 16.2. The third-order valence-electron chi connectivity index (χ3n) is 7.19. The van der Waals surface area contributed by atoms with Crippen LogP contribution in [0, 0.1) is 6.92 Å². The number of carbonyl (C=O) groups is 2. The Kier molecular flexibility index (Phi) is 8.68. The van der Waals surface area contributed by atoms with Crippen LogP contribution in [0.25, 0.3) is 10.9 Å². The van der Waals surface area contributed by atoms with E-state index in [2.05, 4.69) is 36.3 Å². The van der Waals surface area contributed by atoms with Crippen molar-refractivity contribution in [2.45, 2.75) is 78.3 Å². The average Bonchev–Trinajstić information content (AvgIpc) is 3.24. The number of unbranched alkanes of at least 4 members (excludes halogenated alkanes) is 4. The maximum absolute atomic E-state index is 14.1. The summed E-state index contributed by atoms with van der Waals surface area (Å²) in [6.45, 7) is 8.25. The van der Waals surface area contributed by atoms with E-state index in [-0.39, 0.29) is 11.9 Å².